The molecule has 86 valence electrons. The van der Waals surface area contributed by atoms with Crippen LogP contribution in [0.2, 0.25) is 0 Å². The van der Waals surface area contributed by atoms with E-state index in [1.165, 1.54) is 7.15 Å². The fraction of sp³-hybridized carbons (Fsp3) is 0.273. The van der Waals surface area contributed by atoms with Gasteiger partial charge < -0.3 is 9.47 Å². The van der Waals surface area contributed by atoms with Crippen LogP contribution in [0.1, 0.15) is 11.7 Å². The van der Waals surface area contributed by atoms with Crippen molar-refractivity contribution in [3.05, 3.63) is 35.4 Å². The maximum atomic E-state index is 5.75. The molecule has 0 aliphatic carbocycles. The second-order valence-corrected chi connectivity index (χ2v) is 6.70. The van der Waals surface area contributed by atoms with Crippen LogP contribution in [0.25, 0.3) is 0 Å². The van der Waals surface area contributed by atoms with Gasteiger partial charge in [0.2, 0.25) is 0 Å². The summed E-state index contributed by atoms with van der Waals surface area (Å²) in [6.07, 6.45) is -0.000332. The van der Waals surface area contributed by atoms with Crippen molar-refractivity contribution in [3.8, 4) is 5.75 Å². The van der Waals surface area contributed by atoms with Crippen LogP contribution in [0.4, 0.5) is 0 Å². The number of benzene rings is 1. The molecule has 2 rings (SSSR count). The smallest absolute Gasteiger partial charge is 0.125 e. The molecule has 0 spiro atoms. The molecule has 0 bridgehead atoms. The Labute approximate surface area is 130 Å². The van der Waals surface area contributed by atoms with Gasteiger partial charge in [0.1, 0.15) is 11.9 Å². The van der Waals surface area contributed by atoms with Gasteiger partial charge in [0, 0.05) is 17.2 Å². The summed E-state index contributed by atoms with van der Waals surface area (Å²) in [7, 11) is 1.69. The molecule has 1 aliphatic heterocycles. The van der Waals surface area contributed by atoms with Crippen LogP contribution < -0.4 is 4.74 Å². The van der Waals surface area contributed by atoms with E-state index in [-0.39, 0.29) is 6.10 Å². The predicted octanol–water partition coefficient (Wildman–Crippen LogP) is 4.41. The highest BCUT2D eigenvalue weighted by molar-refractivity contribution is 14.1. The van der Waals surface area contributed by atoms with Gasteiger partial charge >= 0.3 is 0 Å². The molecule has 5 heteroatoms. The SMILES string of the molecule is COc1ccc(I)cc1C1OCC(Br)=C1I. The first-order valence-corrected chi connectivity index (χ1v) is 7.57. The fourth-order valence-electron chi connectivity index (χ4n) is 1.58. The van der Waals surface area contributed by atoms with Crippen molar-refractivity contribution >= 4 is 61.1 Å². The summed E-state index contributed by atoms with van der Waals surface area (Å²) in [6.45, 7) is 0.636. The van der Waals surface area contributed by atoms with Crippen molar-refractivity contribution < 1.29 is 9.47 Å². The number of hydrogen-bond donors (Lipinski definition) is 0. The first-order valence-electron chi connectivity index (χ1n) is 4.62. The van der Waals surface area contributed by atoms with E-state index in [0.29, 0.717) is 6.61 Å². The van der Waals surface area contributed by atoms with Gasteiger partial charge in [-0.05, 0) is 63.4 Å². The van der Waals surface area contributed by atoms with E-state index < -0.39 is 0 Å². The van der Waals surface area contributed by atoms with Crippen LogP contribution in [0.3, 0.4) is 0 Å². The van der Waals surface area contributed by atoms with E-state index in [1.807, 2.05) is 12.1 Å². The Morgan fingerprint density at radius 3 is 2.75 bits per heavy atom. The summed E-state index contributed by atoms with van der Waals surface area (Å²) < 4.78 is 14.6. The lowest BCUT2D eigenvalue weighted by molar-refractivity contribution is 0.125. The molecular weight excluding hydrogens is 498 g/mol. The summed E-state index contributed by atoms with van der Waals surface area (Å²) in [5, 5.41) is 0. The van der Waals surface area contributed by atoms with Gasteiger partial charge in [-0.2, -0.15) is 0 Å². The molecule has 0 saturated carbocycles. The van der Waals surface area contributed by atoms with Crippen LogP contribution in [-0.2, 0) is 4.74 Å². The molecule has 1 aromatic rings. The Morgan fingerprint density at radius 1 is 1.44 bits per heavy atom. The molecule has 0 saturated heterocycles. The molecular formula is C11H9BrI2O2. The Morgan fingerprint density at radius 2 is 2.19 bits per heavy atom. The zero-order valence-corrected chi connectivity index (χ0v) is 14.4. The summed E-state index contributed by atoms with van der Waals surface area (Å²) >= 11 is 8.12. The summed E-state index contributed by atoms with van der Waals surface area (Å²) in [4.78, 5) is 0. The van der Waals surface area contributed by atoms with Gasteiger partial charge in [-0.15, -0.1) is 0 Å². The number of halogens is 3. The lowest BCUT2D eigenvalue weighted by atomic mass is 10.1. The lowest BCUT2D eigenvalue weighted by Gasteiger charge is -2.15. The first-order chi connectivity index (χ1) is 7.63. The number of methoxy groups -OCH3 is 1. The van der Waals surface area contributed by atoms with Gasteiger partial charge in [0.05, 0.1) is 13.7 Å². The van der Waals surface area contributed by atoms with Crippen molar-refractivity contribution in [2.45, 2.75) is 6.10 Å². The highest BCUT2D eigenvalue weighted by Gasteiger charge is 2.27. The second kappa shape index (κ2) is 5.53. The monoisotopic (exact) mass is 506 g/mol. The third kappa shape index (κ3) is 2.56. The van der Waals surface area contributed by atoms with Gasteiger partial charge in [0.25, 0.3) is 0 Å². The van der Waals surface area contributed by atoms with Crippen molar-refractivity contribution in [2.75, 3.05) is 13.7 Å². The van der Waals surface area contributed by atoms with Gasteiger partial charge in [0.15, 0.2) is 0 Å². The molecule has 2 nitrogen and oxygen atoms in total. The van der Waals surface area contributed by atoms with Gasteiger partial charge in [-0.3, -0.25) is 0 Å². The number of ether oxygens (including phenoxy) is 2. The maximum Gasteiger partial charge on any atom is 0.125 e. The Bertz CT molecular complexity index is 446. The zero-order valence-electron chi connectivity index (χ0n) is 8.47. The summed E-state index contributed by atoms with van der Waals surface area (Å²) in [5.74, 6) is 0.877. The minimum absolute atomic E-state index is 0.000332. The molecule has 0 amide bonds. The minimum Gasteiger partial charge on any atom is -0.496 e. The van der Waals surface area contributed by atoms with Crippen molar-refractivity contribution in [2.24, 2.45) is 0 Å². The third-order valence-corrected chi connectivity index (χ3v) is 5.63. The molecule has 1 aromatic carbocycles. The van der Waals surface area contributed by atoms with Gasteiger partial charge in [-0.1, -0.05) is 15.9 Å². The summed E-state index contributed by atoms with van der Waals surface area (Å²) in [5.41, 5.74) is 1.09. The van der Waals surface area contributed by atoms with E-state index in [0.717, 1.165) is 15.8 Å². The van der Waals surface area contributed by atoms with E-state index in [1.54, 1.807) is 7.11 Å². The molecule has 1 heterocycles. The summed E-state index contributed by atoms with van der Waals surface area (Å²) in [6, 6.07) is 6.12. The first kappa shape index (κ1) is 13.1. The normalized spacial score (nSPS) is 20.4. The Kier molecular flexibility index (Phi) is 4.53. The highest BCUT2D eigenvalue weighted by atomic mass is 127. The quantitative estimate of drug-likeness (QED) is 0.553. The molecule has 0 radical (unpaired) electrons. The Balaban J connectivity index is 2.44. The van der Waals surface area contributed by atoms with E-state index in [9.17, 15) is 0 Å². The fourth-order valence-corrected chi connectivity index (χ4v) is 3.10. The van der Waals surface area contributed by atoms with Crippen LogP contribution in [0.5, 0.6) is 5.75 Å². The van der Waals surface area contributed by atoms with E-state index in [2.05, 4.69) is 67.2 Å². The van der Waals surface area contributed by atoms with Crippen LogP contribution in [0.15, 0.2) is 26.3 Å². The molecule has 0 N–H and O–H groups in total. The standard InChI is InChI=1S/C11H9BrI2O2/c1-15-9-3-2-6(13)4-7(9)11-10(14)8(12)5-16-11/h2-4,11H,5H2,1H3. The highest BCUT2D eigenvalue weighted by Crippen LogP contribution is 2.43. The molecule has 0 fully saturated rings. The molecule has 0 aromatic heterocycles. The van der Waals surface area contributed by atoms with Crippen LogP contribution in [0, 0.1) is 3.57 Å². The Hall–Kier alpha value is 0.660. The molecule has 1 unspecified atom stereocenters. The molecule has 1 aliphatic rings. The van der Waals surface area contributed by atoms with Crippen molar-refractivity contribution in [1.82, 2.24) is 0 Å². The minimum atomic E-state index is -0.000332. The van der Waals surface area contributed by atoms with Crippen molar-refractivity contribution in [3.63, 3.8) is 0 Å². The van der Waals surface area contributed by atoms with Crippen LogP contribution in [-0.4, -0.2) is 13.7 Å². The average Bonchev–Trinajstić information content (AvgIpc) is 2.60. The third-order valence-electron chi connectivity index (χ3n) is 2.34. The molecule has 16 heavy (non-hydrogen) atoms. The zero-order chi connectivity index (χ0) is 11.7. The van der Waals surface area contributed by atoms with Gasteiger partial charge in [-0.25, -0.2) is 0 Å². The second-order valence-electron chi connectivity index (χ2n) is 3.33. The topological polar surface area (TPSA) is 18.5 Å². The average molecular weight is 507 g/mol. The van der Waals surface area contributed by atoms with E-state index in [4.69, 9.17) is 9.47 Å². The van der Waals surface area contributed by atoms with E-state index >= 15 is 0 Å². The predicted molar refractivity (Wildman–Crippen MR) is 84.4 cm³/mol. The number of rotatable bonds is 2. The van der Waals surface area contributed by atoms with Crippen molar-refractivity contribution in [1.29, 1.82) is 0 Å². The van der Waals surface area contributed by atoms with Crippen LogP contribution >= 0.6 is 61.1 Å². The molecule has 1 atom stereocenters. The number of hydrogen-bond acceptors (Lipinski definition) is 2. The lowest BCUT2D eigenvalue weighted by Crippen LogP contribution is -2.01. The maximum absolute atomic E-state index is 5.75. The largest absolute Gasteiger partial charge is 0.496 e.